The van der Waals surface area contributed by atoms with Crippen molar-refractivity contribution in [2.45, 2.75) is 32.7 Å². The van der Waals surface area contributed by atoms with Crippen LogP contribution in [0, 0.1) is 0 Å². The van der Waals surface area contributed by atoms with Crippen molar-refractivity contribution in [2.75, 3.05) is 5.32 Å². The predicted molar refractivity (Wildman–Crippen MR) is 114 cm³/mol. The molecule has 0 radical (unpaired) electrons. The van der Waals surface area contributed by atoms with Gasteiger partial charge in [0.15, 0.2) is 0 Å². The Morgan fingerprint density at radius 1 is 1.03 bits per heavy atom. The summed E-state index contributed by atoms with van der Waals surface area (Å²) in [4.78, 5) is 13.0. The minimum Gasteiger partial charge on any atom is -0.307 e. The number of carbonyl (C=O) groups excluding carboxylic acids is 1. The van der Waals surface area contributed by atoms with E-state index in [2.05, 4.69) is 41.6 Å². The zero-order chi connectivity index (χ0) is 21.1. The van der Waals surface area contributed by atoms with Gasteiger partial charge in [-0.2, -0.15) is 5.10 Å². The Kier molecular flexibility index (Phi) is 5.14. The molecule has 4 rings (SSSR count). The van der Waals surface area contributed by atoms with E-state index in [1.54, 1.807) is 18.2 Å². The minimum absolute atomic E-state index is 0.137. The second-order valence-corrected chi connectivity index (χ2v) is 8.07. The molecule has 0 aliphatic carbocycles. The molecule has 152 valence electrons. The van der Waals surface area contributed by atoms with Crippen molar-refractivity contribution in [2.24, 2.45) is 0 Å². The first-order valence-electron chi connectivity index (χ1n) is 9.67. The Morgan fingerprint density at radius 2 is 1.83 bits per heavy atom. The largest absolute Gasteiger partial charge is 0.307 e. The van der Waals surface area contributed by atoms with Crippen LogP contribution in [0.1, 0.15) is 42.4 Å². The molecule has 0 unspecified atom stereocenters. The van der Waals surface area contributed by atoms with E-state index in [0.29, 0.717) is 23.6 Å². The fraction of sp³-hybridized carbons (Fsp3) is 0.227. The van der Waals surface area contributed by atoms with Crippen molar-refractivity contribution in [3.8, 4) is 5.69 Å². The lowest BCUT2D eigenvalue weighted by molar-refractivity contribution is 0.102. The lowest BCUT2D eigenvalue weighted by atomic mass is 9.92. The summed E-state index contributed by atoms with van der Waals surface area (Å²) in [7, 11) is 0. The van der Waals surface area contributed by atoms with Crippen LogP contribution in [0.4, 0.5) is 5.82 Å². The van der Waals surface area contributed by atoms with Crippen molar-refractivity contribution in [3.05, 3.63) is 83.8 Å². The van der Waals surface area contributed by atoms with Gasteiger partial charge in [-0.05, 0) is 34.2 Å². The maximum atomic E-state index is 13.0. The topological polar surface area (TPSA) is 90.5 Å². The zero-order valence-corrected chi connectivity index (χ0v) is 17.1. The molecule has 0 aliphatic heterocycles. The van der Waals surface area contributed by atoms with Gasteiger partial charge in [0.1, 0.15) is 12.1 Å². The Labute approximate surface area is 174 Å². The highest BCUT2D eigenvalue weighted by Gasteiger charge is 2.21. The smallest absolute Gasteiger partial charge is 0.256 e. The number of hydrogen-bond acceptors (Lipinski definition) is 5. The molecule has 0 fully saturated rings. The average Bonchev–Trinajstić information content (AvgIpc) is 3.39. The Morgan fingerprint density at radius 3 is 2.53 bits per heavy atom. The molecule has 0 saturated heterocycles. The predicted octanol–water partition coefficient (Wildman–Crippen LogP) is 3.46. The minimum atomic E-state index is -0.223. The molecule has 0 aliphatic rings. The molecule has 2 heterocycles. The van der Waals surface area contributed by atoms with Gasteiger partial charge < -0.3 is 5.32 Å². The van der Waals surface area contributed by atoms with Crippen molar-refractivity contribution >= 4 is 11.7 Å². The average molecular weight is 401 g/mol. The van der Waals surface area contributed by atoms with Crippen molar-refractivity contribution in [1.82, 2.24) is 30.0 Å². The van der Waals surface area contributed by atoms with Crippen LogP contribution >= 0.6 is 0 Å². The van der Waals surface area contributed by atoms with Crippen LogP contribution in [0.15, 0.2) is 67.0 Å². The highest BCUT2D eigenvalue weighted by Crippen LogP contribution is 2.25. The SMILES string of the molecule is CC(C)(C)c1cc(NC(=O)c2cccc(-n3cnnn3)c2)n(Cc2ccccc2)n1. The number of hydrogen-bond donors (Lipinski definition) is 1. The van der Waals surface area contributed by atoms with Gasteiger partial charge in [-0.1, -0.05) is 57.2 Å². The second kappa shape index (κ2) is 7.90. The van der Waals surface area contributed by atoms with Gasteiger partial charge in [-0.3, -0.25) is 4.79 Å². The van der Waals surface area contributed by atoms with E-state index < -0.39 is 0 Å². The van der Waals surface area contributed by atoms with Crippen LogP contribution < -0.4 is 5.32 Å². The van der Waals surface area contributed by atoms with E-state index in [-0.39, 0.29) is 11.3 Å². The van der Waals surface area contributed by atoms with Gasteiger partial charge >= 0.3 is 0 Å². The molecule has 30 heavy (non-hydrogen) atoms. The molecule has 4 aromatic rings. The van der Waals surface area contributed by atoms with Gasteiger partial charge in [0, 0.05) is 17.0 Å². The summed E-state index contributed by atoms with van der Waals surface area (Å²) in [6.45, 7) is 6.87. The maximum absolute atomic E-state index is 13.0. The number of benzene rings is 2. The summed E-state index contributed by atoms with van der Waals surface area (Å²) in [6, 6.07) is 19.1. The number of nitrogens with zero attached hydrogens (tertiary/aromatic N) is 6. The quantitative estimate of drug-likeness (QED) is 0.553. The van der Waals surface area contributed by atoms with Gasteiger partial charge in [-0.15, -0.1) is 5.10 Å². The van der Waals surface area contributed by atoms with E-state index in [1.807, 2.05) is 47.1 Å². The fourth-order valence-electron chi connectivity index (χ4n) is 3.02. The van der Waals surface area contributed by atoms with Gasteiger partial charge in [-0.25, -0.2) is 9.36 Å². The third-order valence-corrected chi connectivity index (χ3v) is 4.69. The van der Waals surface area contributed by atoms with Crippen LogP contribution in [-0.2, 0) is 12.0 Å². The number of nitrogens with one attached hydrogen (secondary N) is 1. The molecule has 0 spiro atoms. The molecule has 8 nitrogen and oxygen atoms in total. The monoisotopic (exact) mass is 401 g/mol. The summed E-state index contributed by atoms with van der Waals surface area (Å²) in [6.07, 6.45) is 1.49. The summed E-state index contributed by atoms with van der Waals surface area (Å²) >= 11 is 0. The van der Waals surface area contributed by atoms with E-state index >= 15 is 0 Å². The standard InChI is InChI=1S/C22H23N7O/c1-22(2,3)19-13-20(28(25-19)14-16-8-5-4-6-9-16)24-21(30)17-10-7-11-18(12-17)29-15-23-26-27-29/h4-13,15H,14H2,1-3H3,(H,24,30). The van der Waals surface area contributed by atoms with Crippen molar-refractivity contribution < 1.29 is 4.79 Å². The first kappa shape index (κ1) is 19.5. The molecule has 0 saturated carbocycles. The normalized spacial score (nSPS) is 11.4. The van der Waals surface area contributed by atoms with Crippen LogP contribution in [0.3, 0.4) is 0 Å². The molecule has 2 aromatic carbocycles. The first-order chi connectivity index (χ1) is 14.4. The summed E-state index contributed by atoms with van der Waals surface area (Å²) in [5, 5.41) is 18.9. The van der Waals surface area contributed by atoms with E-state index in [9.17, 15) is 4.79 Å². The lowest BCUT2D eigenvalue weighted by Crippen LogP contribution is -2.16. The number of rotatable bonds is 5. The molecule has 8 heteroatoms. The highest BCUT2D eigenvalue weighted by molar-refractivity contribution is 6.04. The summed E-state index contributed by atoms with van der Waals surface area (Å²) in [5.41, 5.74) is 3.10. The Bertz CT molecular complexity index is 1140. The molecule has 0 atom stereocenters. The first-order valence-corrected chi connectivity index (χ1v) is 9.67. The van der Waals surface area contributed by atoms with Crippen LogP contribution in [0.5, 0.6) is 0 Å². The van der Waals surface area contributed by atoms with Gasteiger partial charge in [0.25, 0.3) is 5.91 Å². The Hall–Kier alpha value is -3.81. The van der Waals surface area contributed by atoms with E-state index in [0.717, 1.165) is 11.3 Å². The number of carbonyl (C=O) groups is 1. The second-order valence-electron chi connectivity index (χ2n) is 8.07. The number of amides is 1. The molecule has 1 N–H and O–H groups in total. The highest BCUT2D eigenvalue weighted by atomic mass is 16.1. The van der Waals surface area contributed by atoms with E-state index in [4.69, 9.17) is 5.10 Å². The van der Waals surface area contributed by atoms with Crippen LogP contribution in [-0.4, -0.2) is 35.9 Å². The number of tetrazole rings is 1. The fourth-order valence-corrected chi connectivity index (χ4v) is 3.02. The third-order valence-electron chi connectivity index (χ3n) is 4.69. The number of anilines is 1. The maximum Gasteiger partial charge on any atom is 0.256 e. The lowest BCUT2D eigenvalue weighted by Gasteiger charge is -2.14. The molecule has 0 bridgehead atoms. The van der Waals surface area contributed by atoms with Crippen LogP contribution in [0.25, 0.3) is 5.69 Å². The number of aromatic nitrogens is 6. The Balaban J connectivity index is 1.62. The summed E-state index contributed by atoms with van der Waals surface area (Å²) < 4.78 is 3.34. The van der Waals surface area contributed by atoms with Crippen LogP contribution in [0.2, 0.25) is 0 Å². The van der Waals surface area contributed by atoms with Crippen molar-refractivity contribution in [3.63, 3.8) is 0 Å². The van der Waals surface area contributed by atoms with Crippen molar-refractivity contribution in [1.29, 1.82) is 0 Å². The van der Waals surface area contributed by atoms with Gasteiger partial charge in [0.05, 0.1) is 17.9 Å². The molecular weight excluding hydrogens is 378 g/mol. The molecular formula is C22H23N7O. The molecule has 2 aromatic heterocycles. The molecule has 1 amide bonds. The summed E-state index contributed by atoms with van der Waals surface area (Å²) in [5.74, 6) is 0.432. The third kappa shape index (κ3) is 4.27. The van der Waals surface area contributed by atoms with Gasteiger partial charge in [0.2, 0.25) is 0 Å². The van der Waals surface area contributed by atoms with E-state index in [1.165, 1.54) is 11.0 Å². The zero-order valence-electron chi connectivity index (χ0n) is 17.1.